The van der Waals surface area contributed by atoms with E-state index in [0.717, 1.165) is 0 Å². The lowest BCUT2D eigenvalue weighted by atomic mass is 10.3. The smallest absolute Gasteiger partial charge is 0.266 e. The first kappa shape index (κ1) is 10.7. The maximum Gasteiger partial charge on any atom is 0.266 e. The standard InChI is InChI=1S/C7H11N3O3S/c8-6-5-9-2-1-7(6)10-3-4-14(11,12)13/h1-2,5H,3-4,8H2,(H,9,10)(H,11,12,13). The van der Waals surface area contributed by atoms with E-state index in [9.17, 15) is 8.42 Å². The van der Waals surface area contributed by atoms with E-state index in [4.69, 9.17) is 10.3 Å². The van der Waals surface area contributed by atoms with Crippen molar-refractivity contribution in [1.82, 2.24) is 4.98 Å². The zero-order valence-electron chi connectivity index (χ0n) is 7.34. The van der Waals surface area contributed by atoms with Gasteiger partial charge in [0.1, 0.15) is 0 Å². The molecule has 0 amide bonds. The second-order valence-electron chi connectivity index (χ2n) is 2.68. The van der Waals surface area contributed by atoms with Gasteiger partial charge in [-0.3, -0.25) is 9.54 Å². The largest absolute Gasteiger partial charge is 0.396 e. The molecule has 7 heteroatoms. The summed E-state index contributed by atoms with van der Waals surface area (Å²) in [4.78, 5) is 3.77. The van der Waals surface area contributed by atoms with Crippen molar-refractivity contribution in [2.75, 3.05) is 23.3 Å². The van der Waals surface area contributed by atoms with E-state index in [2.05, 4.69) is 10.3 Å². The molecule has 1 aromatic rings. The average molecular weight is 217 g/mol. The van der Waals surface area contributed by atoms with Gasteiger partial charge in [0.05, 0.1) is 23.3 Å². The summed E-state index contributed by atoms with van der Waals surface area (Å²) in [5, 5.41) is 2.77. The van der Waals surface area contributed by atoms with Crippen LogP contribution in [0, 0.1) is 0 Å². The molecule has 0 saturated carbocycles. The van der Waals surface area contributed by atoms with Crippen LogP contribution < -0.4 is 11.1 Å². The fraction of sp³-hybridized carbons (Fsp3) is 0.286. The quantitative estimate of drug-likeness (QED) is 0.611. The minimum Gasteiger partial charge on any atom is -0.396 e. The third kappa shape index (κ3) is 3.58. The third-order valence-electron chi connectivity index (χ3n) is 1.53. The van der Waals surface area contributed by atoms with Crippen LogP contribution in [0.3, 0.4) is 0 Å². The molecule has 0 aliphatic heterocycles. The Morgan fingerprint density at radius 2 is 2.29 bits per heavy atom. The Kier molecular flexibility index (Phi) is 3.26. The first-order chi connectivity index (χ1) is 6.49. The molecule has 0 aliphatic carbocycles. The van der Waals surface area contributed by atoms with E-state index >= 15 is 0 Å². The zero-order chi connectivity index (χ0) is 10.6. The molecule has 6 nitrogen and oxygen atoms in total. The molecule has 0 aliphatic rings. The summed E-state index contributed by atoms with van der Waals surface area (Å²) in [5.41, 5.74) is 6.57. The summed E-state index contributed by atoms with van der Waals surface area (Å²) < 4.78 is 29.2. The lowest BCUT2D eigenvalue weighted by Gasteiger charge is -2.06. The number of hydrogen-bond donors (Lipinski definition) is 3. The normalized spacial score (nSPS) is 11.2. The van der Waals surface area contributed by atoms with Crippen LogP contribution >= 0.6 is 0 Å². The average Bonchev–Trinajstić information content (AvgIpc) is 2.06. The zero-order valence-corrected chi connectivity index (χ0v) is 8.16. The summed E-state index contributed by atoms with van der Waals surface area (Å²) in [6, 6.07) is 1.62. The Bertz CT molecular complexity index is 404. The Morgan fingerprint density at radius 3 is 2.86 bits per heavy atom. The van der Waals surface area contributed by atoms with Gasteiger partial charge < -0.3 is 11.1 Å². The molecule has 0 aromatic carbocycles. The molecule has 0 fully saturated rings. The SMILES string of the molecule is Nc1cnccc1NCCS(=O)(=O)O. The second-order valence-corrected chi connectivity index (χ2v) is 4.25. The number of nitrogens with zero attached hydrogens (tertiary/aromatic N) is 1. The van der Waals surface area contributed by atoms with Gasteiger partial charge in [-0.05, 0) is 6.07 Å². The van der Waals surface area contributed by atoms with Crippen molar-refractivity contribution < 1.29 is 13.0 Å². The molecule has 0 saturated heterocycles. The van der Waals surface area contributed by atoms with Crippen molar-refractivity contribution in [2.45, 2.75) is 0 Å². The van der Waals surface area contributed by atoms with Gasteiger partial charge in [-0.2, -0.15) is 8.42 Å². The van der Waals surface area contributed by atoms with Crippen LogP contribution in [0.2, 0.25) is 0 Å². The molecule has 0 radical (unpaired) electrons. The van der Waals surface area contributed by atoms with E-state index in [1.54, 1.807) is 6.07 Å². The van der Waals surface area contributed by atoms with Gasteiger partial charge in [0.2, 0.25) is 0 Å². The molecule has 1 heterocycles. The highest BCUT2D eigenvalue weighted by Crippen LogP contribution is 2.14. The minimum atomic E-state index is -3.93. The maximum absolute atomic E-state index is 10.4. The molecule has 0 atom stereocenters. The third-order valence-corrected chi connectivity index (χ3v) is 2.25. The highest BCUT2D eigenvalue weighted by molar-refractivity contribution is 7.85. The molecule has 14 heavy (non-hydrogen) atoms. The molecule has 1 rings (SSSR count). The maximum atomic E-state index is 10.4. The summed E-state index contributed by atoms with van der Waals surface area (Å²) >= 11 is 0. The van der Waals surface area contributed by atoms with Crippen molar-refractivity contribution >= 4 is 21.5 Å². The van der Waals surface area contributed by atoms with Crippen LogP contribution in [0.1, 0.15) is 0 Å². The molecule has 1 aromatic heterocycles. The van der Waals surface area contributed by atoms with E-state index in [1.165, 1.54) is 12.4 Å². The lowest BCUT2D eigenvalue weighted by molar-refractivity contribution is 0.484. The molecule has 0 unspecified atom stereocenters. The number of aromatic nitrogens is 1. The van der Waals surface area contributed by atoms with Gasteiger partial charge in [-0.1, -0.05) is 0 Å². The van der Waals surface area contributed by atoms with Crippen molar-refractivity contribution in [3.05, 3.63) is 18.5 Å². The van der Waals surface area contributed by atoms with E-state index in [1.807, 2.05) is 0 Å². The summed E-state index contributed by atoms with van der Waals surface area (Å²) in [6.45, 7) is 0.104. The van der Waals surface area contributed by atoms with Gasteiger partial charge >= 0.3 is 0 Å². The Hall–Kier alpha value is -1.34. The number of nitrogen functional groups attached to an aromatic ring is 1. The monoisotopic (exact) mass is 217 g/mol. The predicted molar refractivity (Wildman–Crippen MR) is 53.6 cm³/mol. The first-order valence-corrected chi connectivity index (χ1v) is 5.48. The Morgan fingerprint density at radius 1 is 1.57 bits per heavy atom. The number of anilines is 2. The molecule has 0 bridgehead atoms. The van der Waals surface area contributed by atoms with E-state index in [-0.39, 0.29) is 12.3 Å². The van der Waals surface area contributed by atoms with Gasteiger partial charge in [0.25, 0.3) is 10.1 Å². The van der Waals surface area contributed by atoms with Crippen LogP contribution in [-0.4, -0.2) is 30.3 Å². The summed E-state index contributed by atoms with van der Waals surface area (Å²) in [5.74, 6) is -0.352. The molecular weight excluding hydrogens is 206 g/mol. The molecular formula is C7H11N3O3S. The van der Waals surface area contributed by atoms with Gasteiger partial charge in [0, 0.05) is 12.7 Å². The predicted octanol–water partition coefficient (Wildman–Crippen LogP) is -0.0365. The number of rotatable bonds is 4. The molecule has 4 N–H and O–H groups in total. The molecule has 0 spiro atoms. The second kappa shape index (κ2) is 4.25. The number of hydrogen-bond acceptors (Lipinski definition) is 5. The van der Waals surface area contributed by atoms with Gasteiger partial charge in [0.15, 0.2) is 0 Å². The topological polar surface area (TPSA) is 105 Å². The highest BCUT2D eigenvalue weighted by atomic mass is 32.2. The van der Waals surface area contributed by atoms with Gasteiger partial charge in [-0.15, -0.1) is 0 Å². The lowest BCUT2D eigenvalue weighted by Crippen LogP contribution is -2.15. The van der Waals surface area contributed by atoms with Crippen LogP contribution in [0.5, 0.6) is 0 Å². The summed E-state index contributed by atoms with van der Waals surface area (Å²) in [7, 11) is -3.93. The van der Waals surface area contributed by atoms with Crippen LogP contribution in [-0.2, 0) is 10.1 Å². The van der Waals surface area contributed by atoms with Crippen molar-refractivity contribution in [3.63, 3.8) is 0 Å². The van der Waals surface area contributed by atoms with Crippen molar-refractivity contribution in [2.24, 2.45) is 0 Å². The number of pyridine rings is 1. The van der Waals surface area contributed by atoms with Crippen molar-refractivity contribution in [3.8, 4) is 0 Å². The molecule has 78 valence electrons. The fourth-order valence-corrected chi connectivity index (χ4v) is 1.24. The highest BCUT2D eigenvalue weighted by Gasteiger charge is 2.04. The van der Waals surface area contributed by atoms with E-state index in [0.29, 0.717) is 11.4 Å². The fourth-order valence-electron chi connectivity index (χ4n) is 0.882. The number of nitrogens with one attached hydrogen (secondary N) is 1. The first-order valence-electron chi connectivity index (χ1n) is 3.87. The Labute approximate surface area is 81.9 Å². The number of nitrogens with two attached hydrogens (primary N) is 1. The van der Waals surface area contributed by atoms with Crippen LogP contribution in [0.25, 0.3) is 0 Å². The Balaban J connectivity index is 2.51. The minimum absolute atomic E-state index is 0.104. The summed E-state index contributed by atoms with van der Waals surface area (Å²) in [6.07, 6.45) is 2.99. The van der Waals surface area contributed by atoms with Gasteiger partial charge in [-0.25, -0.2) is 0 Å². The van der Waals surface area contributed by atoms with Crippen LogP contribution in [0.15, 0.2) is 18.5 Å². The van der Waals surface area contributed by atoms with E-state index < -0.39 is 10.1 Å². The van der Waals surface area contributed by atoms with Crippen molar-refractivity contribution in [1.29, 1.82) is 0 Å². The van der Waals surface area contributed by atoms with Crippen LogP contribution in [0.4, 0.5) is 11.4 Å².